The second-order valence-corrected chi connectivity index (χ2v) is 8.96. The second-order valence-electron chi connectivity index (χ2n) is 8.96. The number of carbonyl (C=O) groups excluding carboxylic acids is 2. The van der Waals surface area contributed by atoms with Gasteiger partial charge in [0, 0.05) is 6.07 Å². The molecule has 1 heterocycles. The molecule has 1 aliphatic heterocycles. The summed E-state index contributed by atoms with van der Waals surface area (Å²) in [5, 5.41) is 0. The molecule has 0 fully saturated rings. The van der Waals surface area contributed by atoms with Crippen molar-refractivity contribution in [3.63, 3.8) is 0 Å². The van der Waals surface area contributed by atoms with Crippen molar-refractivity contribution in [2.45, 2.75) is 0 Å². The summed E-state index contributed by atoms with van der Waals surface area (Å²) in [6.07, 6.45) is 1.14. The second kappa shape index (κ2) is 10.5. The Kier molecular flexibility index (Phi) is 6.46. The van der Waals surface area contributed by atoms with Crippen LogP contribution < -0.4 is 14.4 Å². The monoisotopic (exact) mass is 509 g/mol. The summed E-state index contributed by atoms with van der Waals surface area (Å²) < 4.78 is 11.6. The van der Waals surface area contributed by atoms with Crippen LogP contribution in [-0.4, -0.2) is 11.9 Å². The van der Waals surface area contributed by atoms with Gasteiger partial charge in [0.15, 0.2) is 5.76 Å². The van der Waals surface area contributed by atoms with Crippen LogP contribution >= 0.6 is 0 Å². The SMILES string of the molecule is O=C1/C(=C/c2ccc(-c3ccccc3)cc2)Oc2cc(OC(=O)N(c3ccccc3)c3ccccc3)ccc21. The quantitative estimate of drug-likeness (QED) is 0.224. The number of anilines is 2. The highest BCUT2D eigenvalue weighted by Gasteiger charge is 2.28. The number of benzene rings is 5. The highest BCUT2D eigenvalue weighted by Crippen LogP contribution is 2.36. The van der Waals surface area contributed by atoms with Crippen molar-refractivity contribution in [3.05, 3.63) is 150 Å². The number of ketones is 1. The Labute approximate surface area is 226 Å². The topological polar surface area (TPSA) is 55.8 Å². The van der Waals surface area contributed by atoms with Crippen LogP contribution in [0.25, 0.3) is 17.2 Å². The molecule has 0 spiro atoms. The molecule has 1 amide bonds. The van der Waals surface area contributed by atoms with E-state index in [1.165, 1.54) is 4.90 Å². The van der Waals surface area contributed by atoms with E-state index in [9.17, 15) is 9.59 Å². The van der Waals surface area contributed by atoms with Crippen molar-refractivity contribution in [1.82, 2.24) is 0 Å². The summed E-state index contributed by atoms with van der Waals surface area (Å²) in [5.41, 5.74) is 4.82. The lowest BCUT2D eigenvalue weighted by atomic mass is 10.0. The fraction of sp³-hybridized carbons (Fsp3) is 0. The third-order valence-corrected chi connectivity index (χ3v) is 6.37. The lowest BCUT2D eigenvalue weighted by Crippen LogP contribution is -2.29. The Morgan fingerprint density at radius 1 is 0.667 bits per heavy atom. The van der Waals surface area contributed by atoms with E-state index in [0.717, 1.165) is 16.7 Å². The molecule has 39 heavy (non-hydrogen) atoms. The van der Waals surface area contributed by atoms with Gasteiger partial charge in [-0.15, -0.1) is 0 Å². The first kappa shape index (κ1) is 23.9. The first-order valence-electron chi connectivity index (χ1n) is 12.5. The molecular formula is C34H23NO4. The molecule has 0 saturated carbocycles. The molecule has 0 atom stereocenters. The number of hydrogen-bond acceptors (Lipinski definition) is 4. The van der Waals surface area contributed by atoms with Crippen molar-refractivity contribution in [1.29, 1.82) is 0 Å². The fourth-order valence-corrected chi connectivity index (χ4v) is 4.44. The molecule has 0 unspecified atom stereocenters. The average molecular weight is 510 g/mol. The minimum atomic E-state index is -0.578. The molecule has 0 aliphatic carbocycles. The van der Waals surface area contributed by atoms with Crippen LogP contribution in [0.5, 0.6) is 11.5 Å². The zero-order chi connectivity index (χ0) is 26.6. The summed E-state index contributed by atoms with van der Waals surface area (Å²) in [6, 6.07) is 41.3. The molecule has 5 aromatic carbocycles. The van der Waals surface area contributed by atoms with E-state index in [2.05, 4.69) is 12.1 Å². The van der Waals surface area contributed by atoms with Gasteiger partial charge in [0.05, 0.1) is 16.9 Å². The van der Waals surface area contributed by atoms with E-state index in [1.54, 1.807) is 24.3 Å². The van der Waals surface area contributed by atoms with Crippen LogP contribution in [0.4, 0.5) is 16.2 Å². The molecule has 0 aromatic heterocycles. The minimum absolute atomic E-state index is 0.217. The molecule has 6 rings (SSSR count). The van der Waals surface area contributed by atoms with Crippen molar-refractivity contribution in [3.8, 4) is 22.6 Å². The third kappa shape index (κ3) is 5.06. The summed E-state index contributed by atoms with van der Waals surface area (Å²) in [7, 11) is 0. The number of amides is 1. The van der Waals surface area contributed by atoms with Crippen LogP contribution in [-0.2, 0) is 0 Å². The van der Waals surface area contributed by atoms with Gasteiger partial charge in [0.1, 0.15) is 11.5 Å². The Balaban J connectivity index is 1.21. The van der Waals surface area contributed by atoms with Crippen LogP contribution in [0.15, 0.2) is 139 Å². The van der Waals surface area contributed by atoms with Gasteiger partial charge in [-0.2, -0.15) is 0 Å². The van der Waals surface area contributed by atoms with E-state index < -0.39 is 6.09 Å². The number of fused-ring (bicyclic) bond motifs is 1. The van der Waals surface area contributed by atoms with E-state index >= 15 is 0 Å². The number of carbonyl (C=O) groups is 2. The Morgan fingerprint density at radius 2 is 1.23 bits per heavy atom. The number of Topliss-reactive ketones (excluding diaryl/α,β-unsaturated/α-hetero) is 1. The van der Waals surface area contributed by atoms with E-state index in [0.29, 0.717) is 22.7 Å². The Bertz CT molecular complexity index is 1620. The number of hydrogen-bond donors (Lipinski definition) is 0. The number of ether oxygens (including phenoxy) is 2. The summed E-state index contributed by atoms with van der Waals surface area (Å²) in [4.78, 5) is 27.8. The van der Waals surface area contributed by atoms with Gasteiger partial charge >= 0.3 is 6.09 Å². The maximum absolute atomic E-state index is 13.3. The summed E-state index contributed by atoms with van der Waals surface area (Å²) in [6.45, 7) is 0. The van der Waals surface area contributed by atoms with Crippen LogP contribution in [0, 0.1) is 0 Å². The number of nitrogens with zero attached hydrogens (tertiary/aromatic N) is 1. The number of allylic oxidation sites excluding steroid dienone is 1. The lowest BCUT2D eigenvalue weighted by Gasteiger charge is -2.22. The normalized spacial score (nSPS) is 13.0. The average Bonchev–Trinajstić information content (AvgIpc) is 3.29. The van der Waals surface area contributed by atoms with Gasteiger partial charge in [0.2, 0.25) is 5.78 Å². The molecule has 0 radical (unpaired) electrons. The van der Waals surface area contributed by atoms with Gasteiger partial charge in [-0.05, 0) is 59.2 Å². The van der Waals surface area contributed by atoms with Crippen LogP contribution in [0.2, 0.25) is 0 Å². The predicted octanol–water partition coefficient (Wildman–Crippen LogP) is 8.31. The van der Waals surface area contributed by atoms with E-state index in [1.807, 2.05) is 103 Å². The first-order chi connectivity index (χ1) is 19.2. The van der Waals surface area contributed by atoms with Gasteiger partial charge in [-0.25, -0.2) is 9.69 Å². The largest absolute Gasteiger partial charge is 0.452 e. The molecule has 5 aromatic rings. The molecule has 1 aliphatic rings. The summed E-state index contributed by atoms with van der Waals surface area (Å²) >= 11 is 0. The van der Waals surface area contributed by atoms with Gasteiger partial charge in [-0.1, -0.05) is 91.0 Å². The third-order valence-electron chi connectivity index (χ3n) is 6.37. The molecule has 5 nitrogen and oxygen atoms in total. The van der Waals surface area contributed by atoms with Crippen molar-refractivity contribution in [2.24, 2.45) is 0 Å². The van der Waals surface area contributed by atoms with Gasteiger partial charge in [0.25, 0.3) is 0 Å². The highest BCUT2D eigenvalue weighted by molar-refractivity contribution is 6.14. The Morgan fingerprint density at radius 3 is 1.85 bits per heavy atom. The number of rotatable bonds is 5. The summed E-state index contributed by atoms with van der Waals surface area (Å²) in [5.74, 6) is 0.627. The molecule has 188 valence electrons. The number of para-hydroxylation sites is 2. The van der Waals surface area contributed by atoms with Crippen molar-refractivity contribution in [2.75, 3.05) is 4.90 Å². The van der Waals surface area contributed by atoms with Crippen LogP contribution in [0.1, 0.15) is 15.9 Å². The fourth-order valence-electron chi connectivity index (χ4n) is 4.44. The smallest absolute Gasteiger partial charge is 0.424 e. The van der Waals surface area contributed by atoms with Crippen molar-refractivity contribution >= 4 is 29.3 Å². The Hall–Kier alpha value is -5.42. The molecule has 0 N–H and O–H groups in total. The molecular weight excluding hydrogens is 486 g/mol. The lowest BCUT2D eigenvalue weighted by molar-refractivity contribution is 0.101. The zero-order valence-corrected chi connectivity index (χ0v) is 20.9. The molecule has 0 bridgehead atoms. The minimum Gasteiger partial charge on any atom is -0.452 e. The maximum atomic E-state index is 13.3. The van der Waals surface area contributed by atoms with Crippen molar-refractivity contribution < 1.29 is 19.1 Å². The molecule has 5 heteroatoms. The van der Waals surface area contributed by atoms with Crippen LogP contribution in [0.3, 0.4) is 0 Å². The first-order valence-corrected chi connectivity index (χ1v) is 12.5. The van der Waals surface area contributed by atoms with Gasteiger partial charge < -0.3 is 9.47 Å². The standard InChI is InChI=1S/C34H23NO4/c36-33-30-21-20-29(38-34(37)35(27-12-6-2-7-13-27)28-14-8-3-9-15-28)23-31(30)39-32(33)22-24-16-18-26(19-17-24)25-10-4-1-5-11-25/h1-23H/b32-22-. The van der Waals surface area contributed by atoms with E-state index in [-0.39, 0.29) is 17.3 Å². The molecule has 0 saturated heterocycles. The van der Waals surface area contributed by atoms with Gasteiger partial charge in [-0.3, -0.25) is 4.79 Å². The maximum Gasteiger partial charge on any atom is 0.424 e. The zero-order valence-electron chi connectivity index (χ0n) is 20.9. The van der Waals surface area contributed by atoms with E-state index in [4.69, 9.17) is 9.47 Å². The highest BCUT2D eigenvalue weighted by atomic mass is 16.6. The predicted molar refractivity (Wildman–Crippen MR) is 152 cm³/mol.